The van der Waals surface area contributed by atoms with E-state index < -0.39 is 0 Å². The van der Waals surface area contributed by atoms with Crippen LogP contribution in [0.15, 0.2) is 34.8 Å². The molecule has 0 amide bonds. The van der Waals surface area contributed by atoms with Crippen LogP contribution in [0.2, 0.25) is 0 Å². The van der Waals surface area contributed by atoms with Crippen LogP contribution in [0, 0.1) is 6.92 Å². The minimum atomic E-state index is -0.0579. The summed E-state index contributed by atoms with van der Waals surface area (Å²) in [5.74, 6) is 0. The molecule has 1 rings (SSSR count). The van der Waals surface area contributed by atoms with E-state index in [1.54, 1.807) is 0 Å². The molecule has 0 aromatic heterocycles. The van der Waals surface area contributed by atoms with Gasteiger partial charge in [0.1, 0.15) is 0 Å². The molecule has 2 N–H and O–H groups in total. The van der Waals surface area contributed by atoms with E-state index in [9.17, 15) is 0 Å². The number of hydrogen-bond acceptors (Lipinski definition) is 1. The second-order valence-electron chi connectivity index (χ2n) is 3.28. The maximum absolute atomic E-state index is 5.99. The Morgan fingerprint density at radius 3 is 2.69 bits per heavy atom. The lowest BCUT2D eigenvalue weighted by Crippen LogP contribution is -2.12. The molecule has 0 radical (unpaired) electrons. The number of halogens is 1. The summed E-state index contributed by atoms with van der Waals surface area (Å²) in [6.45, 7) is 7.87. The van der Waals surface area contributed by atoms with Gasteiger partial charge in [0.15, 0.2) is 0 Å². The Kier molecular flexibility index (Phi) is 3.28. The zero-order valence-corrected chi connectivity index (χ0v) is 9.56. The lowest BCUT2D eigenvalue weighted by molar-refractivity contribution is 0.840. The SMILES string of the molecule is C=C(C)C(N)c1cccc(Br)c1C. The van der Waals surface area contributed by atoms with Crippen LogP contribution in [0.4, 0.5) is 0 Å². The Morgan fingerprint density at radius 2 is 2.15 bits per heavy atom. The first kappa shape index (κ1) is 10.5. The van der Waals surface area contributed by atoms with Crippen LogP contribution in [0.3, 0.4) is 0 Å². The van der Waals surface area contributed by atoms with Gasteiger partial charge in [-0.25, -0.2) is 0 Å². The number of rotatable bonds is 2. The van der Waals surface area contributed by atoms with E-state index in [2.05, 4.69) is 29.4 Å². The third kappa shape index (κ3) is 2.20. The van der Waals surface area contributed by atoms with E-state index >= 15 is 0 Å². The third-order valence-electron chi connectivity index (χ3n) is 2.18. The van der Waals surface area contributed by atoms with Crippen molar-refractivity contribution >= 4 is 15.9 Å². The zero-order chi connectivity index (χ0) is 10.0. The lowest BCUT2D eigenvalue weighted by Gasteiger charge is -2.15. The second-order valence-corrected chi connectivity index (χ2v) is 4.13. The molecule has 0 spiro atoms. The quantitative estimate of drug-likeness (QED) is 0.788. The highest BCUT2D eigenvalue weighted by atomic mass is 79.9. The van der Waals surface area contributed by atoms with Crippen LogP contribution in [0.5, 0.6) is 0 Å². The number of nitrogens with two attached hydrogens (primary N) is 1. The topological polar surface area (TPSA) is 26.0 Å². The van der Waals surface area contributed by atoms with Crippen molar-refractivity contribution in [2.24, 2.45) is 5.73 Å². The largest absolute Gasteiger partial charge is 0.321 e. The van der Waals surface area contributed by atoms with Crippen molar-refractivity contribution in [1.82, 2.24) is 0 Å². The van der Waals surface area contributed by atoms with Crippen molar-refractivity contribution in [1.29, 1.82) is 0 Å². The van der Waals surface area contributed by atoms with E-state index in [1.807, 2.05) is 25.1 Å². The van der Waals surface area contributed by atoms with Crippen molar-refractivity contribution in [3.05, 3.63) is 46.0 Å². The summed E-state index contributed by atoms with van der Waals surface area (Å²) in [5, 5.41) is 0. The van der Waals surface area contributed by atoms with Crippen molar-refractivity contribution in [2.75, 3.05) is 0 Å². The van der Waals surface area contributed by atoms with Gasteiger partial charge < -0.3 is 5.73 Å². The summed E-state index contributed by atoms with van der Waals surface area (Å²) < 4.78 is 1.10. The minimum absolute atomic E-state index is 0.0579. The van der Waals surface area contributed by atoms with Gasteiger partial charge in [0.2, 0.25) is 0 Å². The maximum Gasteiger partial charge on any atom is 0.0508 e. The fourth-order valence-electron chi connectivity index (χ4n) is 1.23. The predicted molar refractivity (Wildman–Crippen MR) is 60.6 cm³/mol. The van der Waals surface area contributed by atoms with Crippen molar-refractivity contribution in [2.45, 2.75) is 19.9 Å². The molecule has 0 saturated heterocycles. The van der Waals surface area contributed by atoms with E-state index in [0.717, 1.165) is 15.6 Å². The summed E-state index contributed by atoms with van der Waals surface area (Å²) in [5.41, 5.74) is 9.31. The second kappa shape index (κ2) is 4.07. The fourth-order valence-corrected chi connectivity index (χ4v) is 1.61. The molecule has 1 nitrogen and oxygen atoms in total. The van der Waals surface area contributed by atoms with E-state index in [-0.39, 0.29) is 6.04 Å². The molecule has 0 saturated carbocycles. The molecular formula is C11H14BrN. The average Bonchev–Trinajstić information content (AvgIpc) is 2.08. The molecule has 0 aliphatic rings. The van der Waals surface area contributed by atoms with Gasteiger partial charge in [-0.15, -0.1) is 0 Å². The van der Waals surface area contributed by atoms with Crippen molar-refractivity contribution in [3.63, 3.8) is 0 Å². The van der Waals surface area contributed by atoms with Gasteiger partial charge in [-0.2, -0.15) is 0 Å². The van der Waals surface area contributed by atoms with Gasteiger partial charge >= 0.3 is 0 Å². The smallest absolute Gasteiger partial charge is 0.0508 e. The number of hydrogen-bond donors (Lipinski definition) is 1. The van der Waals surface area contributed by atoms with Crippen LogP contribution in [0.25, 0.3) is 0 Å². The molecule has 2 heteroatoms. The van der Waals surface area contributed by atoms with Gasteiger partial charge in [-0.1, -0.05) is 40.2 Å². The molecule has 1 aromatic rings. The van der Waals surface area contributed by atoms with E-state index in [0.29, 0.717) is 0 Å². The zero-order valence-electron chi connectivity index (χ0n) is 7.97. The molecular weight excluding hydrogens is 226 g/mol. The van der Waals surface area contributed by atoms with Crippen LogP contribution in [-0.4, -0.2) is 0 Å². The first-order valence-electron chi connectivity index (χ1n) is 4.20. The summed E-state index contributed by atoms with van der Waals surface area (Å²) in [4.78, 5) is 0. The average molecular weight is 240 g/mol. The van der Waals surface area contributed by atoms with E-state index in [1.165, 1.54) is 5.56 Å². The fraction of sp³-hybridized carbons (Fsp3) is 0.273. The van der Waals surface area contributed by atoms with Crippen molar-refractivity contribution in [3.8, 4) is 0 Å². The standard InChI is InChI=1S/C11H14BrN/c1-7(2)11(13)9-5-4-6-10(12)8(9)3/h4-6,11H,1,13H2,2-3H3. The highest BCUT2D eigenvalue weighted by molar-refractivity contribution is 9.10. The molecule has 0 fully saturated rings. The molecule has 1 unspecified atom stereocenters. The molecule has 0 heterocycles. The third-order valence-corrected chi connectivity index (χ3v) is 3.03. The van der Waals surface area contributed by atoms with Crippen molar-refractivity contribution < 1.29 is 0 Å². The monoisotopic (exact) mass is 239 g/mol. The Bertz CT molecular complexity index is 331. The summed E-state index contributed by atoms with van der Waals surface area (Å²) in [6.07, 6.45) is 0. The molecule has 1 atom stereocenters. The predicted octanol–water partition coefficient (Wildman–Crippen LogP) is 3.33. The Morgan fingerprint density at radius 1 is 1.54 bits per heavy atom. The summed E-state index contributed by atoms with van der Waals surface area (Å²) >= 11 is 3.48. The van der Waals surface area contributed by atoms with Gasteiger partial charge in [0.05, 0.1) is 6.04 Å². The Hall–Kier alpha value is -0.600. The molecule has 1 aromatic carbocycles. The molecule has 0 bridgehead atoms. The minimum Gasteiger partial charge on any atom is -0.321 e. The Balaban J connectivity index is 3.15. The van der Waals surface area contributed by atoms with E-state index in [4.69, 9.17) is 5.73 Å². The van der Waals surface area contributed by atoms with Crippen LogP contribution >= 0.6 is 15.9 Å². The van der Waals surface area contributed by atoms with Crippen LogP contribution in [0.1, 0.15) is 24.1 Å². The van der Waals surface area contributed by atoms with Gasteiger partial charge in [0.25, 0.3) is 0 Å². The summed E-state index contributed by atoms with van der Waals surface area (Å²) in [7, 11) is 0. The molecule has 70 valence electrons. The first-order chi connectivity index (χ1) is 6.04. The highest BCUT2D eigenvalue weighted by Gasteiger charge is 2.10. The van der Waals surface area contributed by atoms with Gasteiger partial charge in [-0.3, -0.25) is 0 Å². The van der Waals surface area contributed by atoms with Gasteiger partial charge in [-0.05, 0) is 31.0 Å². The van der Waals surface area contributed by atoms with Crippen LogP contribution < -0.4 is 5.73 Å². The molecule has 0 aliphatic carbocycles. The molecule has 13 heavy (non-hydrogen) atoms. The van der Waals surface area contributed by atoms with Crippen LogP contribution in [-0.2, 0) is 0 Å². The summed E-state index contributed by atoms with van der Waals surface area (Å²) in [6, 6.07) is 6.00. The molecule has 0 aliphatic heterocycles. The maximum atomic E-state index is 5.99. The first-order valence-corrected chi connectivity index (χ1v) is 4.99. The highest BCUT2D eigenvalue weighted by Crippen LogP contribution is 2.26. The normalized spacial score (nSPS) is 12.6. The van der Waals surface area contributed by atoms with Gasteiger partial charge in [0, 0.05) is 4.47 Å². The lowest BCUT2D eigenvalue weighted by atomic mass is 9.98. The number of benzene rings is 1. The Labute approximate surface area is 87.8 Å².